The van der Waals surface area contributed by atoms with Crippen molar-refractivity contribution >= 4 is 11.8 Å². The van der Waals surface area contributed by atoms with Gasteiger partial charge in [0.1, 0.15) is 0 Å². The highest BCUT2D eigenvalue weighted by Crippen LogP contribution is 2.34. The monoisotopic (exact) mass is 377 g/mol. The van der Waals surface area contributed by atoms with Crippen molar-refractivity contribution in [1.29, 1.82) is 0 Å². The summed E-state index contributed by atoms with van der Waals surface area (Å²) in [6, 6.07) is 0. The van der Waals surface area contributed by atoms with E-state index in [4.69, 9.17) is 19.9 Å². The Balaban J connectivity index is 4.75. The van der Waals surface area contributed by atoms with Crippen molar-refractivity contribution in [2.24, 2.45) is 11.7 Å². The Morgan fingerprint density at radius 1 is 0.760 bits per heavy atom. The fraction of sp³-hybridized carbons (Fsp3) is 1.00. The maximum Gasteiger partial charge on any atom is 0.285 e. The minimum absolute atomic E-state index is 0.267. The van der Waals surface area contributed by atoms with Crippen molar-refractivity contribution in [2.75, 3.05) is 37.9 Å². The van der Waals surface area contributed by atoms with Gasteiger partial charge in [0.15, 0.2) is 0 Å². The molecule has 0 aliphatic rings. The van der Waals surface area contributed by atoms with E-state index in [1.165, 1.54) is 38.5 Å². The Morgan fingerprint density at radius 3 is 1.84 bits per heavy atom. The van der Waals surface area contributed by atoms with Gasteiger partial charge in [-0.2, -0.15) is 11.8 Å². The molecule has 1 unspecified atom stereocenters. The zero-order chi connectivity index (χ0) is 18.8. The number of rotatable bonds is 19. The number of thioether (sulfide) groups is 1. The third-order valence-electron chi connectivity index (χ3n) is 4.32. The fourth-order valence-electron chi connectivity index (χ4n) is 3.16. The lowest BCUT2D eigenvalue weighted by Gasteiger charge is -2.39. The number of unbranched alkanes of at least 4 members (excludes halogenated alkanes) is 5. The molecule has 5 heteroatoms. The molecule has 0 aliphatic carbocycles. The van der Waals surface area contributed by atoms with Crippen LogP contribution in [0.4, 0.5) is 0 Å². The van der Waals surface area contributed by atoms with Gasteiger partial charge in [-0.1, -0.05) is 45.4 Å². The molecule has 0 saturated carbocycles. The second-order valence-corrected chi connectivity index (χ2v) is 7.57. The molecule has 0 bridgehead atoms. The molecule has 152 valence electrons. The van der Waals surface area contributed by atoms with Crippen LogP contribution in [0.25, 0.3) is 0 Å². The van der Waals surface area contributed by atoms with Gasteiger partial charge in [0, 0.05) is 38.0 Å². The average molecular weight is 378 g/mol. The van der Waals surface area contributed by atoms with Crippen LogP contribution in [0.1, 0.15) is 79.1 Å². The first-order valence-corrected chi connectivity index (χ1v) is 11.6. The summed E-state index contributed by atoms with van der Waals surface area (Å²) in [4.78, 5) is 0. The molecule has 0 fully saturated rings. The molecule has 0 aromatic heterocycles. The molecule has 2 N–H and O–H groups in total. The highest BCUT2D eigenvalue weighted by molar-refractivity contribution is 7.99. The van der Waals surface area contributed by atoms with Gasteiger partial charge >= 0.3 is 0 Å². The van der Waals surface area contributed by atoms with Gasteiger partial charge in [0.05, 0.1) is 0 Å². The summed E-state index contributed by atoms with van der Waals surface area (Å²) in [5.74, 6) is 1.47. The molecule has 25 heavy (non-hydrogen) atoms. The summed E-state index contributed by atoms with van der Waals surface area (Å²) in [5, 5.41) is 0. The van der Waals surface area contributed by atoms with Gasteiger partial charge in [-0.3, -0.25) is 0 Å². The lowest BCUT2D eigenvalue weighted by atomic mass is 9.95. The SMILES string of the molecule is CCCCCCCCC(CCSCCN)C(OCC)(OCC)OCC. The predicted molar refractivity (Wildman–Crippen MR) is 110 cm³/mol. The van der Waals surface area contributed by atoms with Crippen molar-refractivity contribution in [3.8, 4) is 0 Å². The van der Waals surface area contributed by atoms with Crippen LogP contribution in [0.3, 0.4) is 0 Å². The maximum absolute atomic E-state index is 6.05. The van der Waals surface area contributed by atoms with E-state index in [1.807, 2.05) is 32.5 Å². The third kappa shape index (κ3) is 11.5. The Labute approximate surface area is 160 Å². The van der Waals surface area contributed by atoms with E-state index in [0.717, 1.165) is 30.9 Å². The van der Waals surface area contributed by atoms with Gasteiger partial charge in [0.2, 0.25) is 0 Å². The molecule has 0 amide bonds. The first kappa shape index (κ1) is 25.2. The number of ether oxygens (including phenoxy) is 3. The zero-order valence-corrected chi connectivity index (χ0v) is 18.0. The topological polar surface area (TPSA) is 53.7 Å². The summed E-state index contributed by atoms with van der Waals surface area (Å²) in [6.45, 7) is 10.8. The second kappa shape index (κ2) is 17.6. The first-order valence-electron chi connectivity index (χ1n) is 10.4. The van der Waals surface area contributed by atoms with Crippen LogP contribution in [0, 0.1) is 5.92 Å². The number of nitrogens with two attached hydrogens (primary N) is 1. The Bertz CT molecular complexity index is 263. The van der Waals surface area contributed by atoms with Crippen molar-refractivity contribution in [2.45, 2.75) is 85.0 Å². The molecule has 0 aliphatic heterocycles. The Morgan fingerprint density at radius 2 is 1.32 bits per heavy atom. The van der Waals surface area contributed by atoms with Gasteiger partial charge < -0.3 is 19.9 Å². The molecule has 4 nitrogen and oxygen atoms in total. The molecular formula is C20H43NO3S. The lowest BCUT2D eigenvalue weighted by Crippen LogP contribution is -2.47. The van der Waals surface area contributed by atoms with E-state index in [2.05, 4.69) is 6.92 Å². The standard InChI is InChI=1S/C20H43NO3S/c1-5-9-10-11-12-13-14-19(15-17-25-18-16-21)20(22-6-2,23-7-3)24-8-4/h19H,5-18,21H2,1-4H3. The molecular weight excluding hydrogens is 334 g/mol. The van der Waals surface area contributed by atoms with Crippen LogP contribution in [0.2, 0.25) is 0 Å². The predicted octanol–water partition coefficient (Wildman–Crippen LogP) is 5.20. The van der Waals surface area contributed by atoms with E-state index in [1.54, 1.807) is 0 Å². The van der Waals surface area contributed by atoms with E-state index in [9.17, 15) is 0 Å². The number of hydrogen-bond acceptors (Lipinski definition) is 5. The molecule has 0 heterocycles. The Kier molecular flexibility index (Phi) is 17.7. The molecule has 0 spiro atoms. The van der Waals surface area contributed by atoms with Crippen LogP contribution >= 0.6 is 11.8 Å². The summed E-state index contributed by atoms with van der Waals surface area (Å²) >= 11 is 1.91. The van der Waals surface area contributed by atoms with Gasteiger partial charge in [-0.05, 0) is 39.4 Å². The first-order chi connectivity index (χ1) is 12.2. The summed E-state index contributed by atoms with van der Waals surface area (Å²) in [5.41, 5.74) is 5.62. The lowest BCUT2D eigenvalue weighted by molar-refractivity contribution is -0.402. The van der Waals surface area contributed by atoms with Crippen LogP contribution in [0.5, 0.6) is 0 Å². The molecule has 0 aromatic rings. The van der Waals surface area contributed by atoms with Crippen LogP contribution in [-0.2, 0) is 14.2 Å². The highest BCUT2D eigenvalue weighted by atomic mass is 32.2. The largest absolute Gasteiger partial charge is 0.330 e. The van der Waals surface area contributed by atoms with Crippen molar-refractivity contribution in [3.05, 3.63) is 0 Å². The molecule has 1 atom stereocenters. The Hall–Kier alpha value is 0.190. The molecule has 0 radical (unpaired) electrons. The van der Waals surface area contributed by atoms with Crippen molar-refractivity contribution < 1.29 is 14.2 Å². The van der Waals surface area contributed by atoms with Gasteiger partial charge in [-0.25, -0.2) is 0 Å². The van der Waals surface area contributed by atoms with Crippen molar-refractivity contribution in [1.82, 2.24) is 0 Å². The smallest absolute Gasteiger partial charge is 0.285 e. The quantitative estimate of drug-likeness (QED) is 0.248. The fourth-order valence-corrected chi connectivity index (χ4v) is 3.98. The van der Waals surface area contributed by atoms with E-state index in [0.29, 0.717) is 19.8 Å². The average Bonchev–Trinajstić information content (AvgIpc) is 2.60. The van der Waals surface area contributed by atoms with Crippen LogP contribution in [0.15, 0.2) is 0 Å². The van der Waals surface area contributed by atoms with Crippen molar-refractivity contribution in [3.63, 3.8) is 0 Å². The minimum atomic E-state index is -0.884. The van der Waals surface area contributed by atoms with E-state index >= 15 is 0 Å². The normalized spacial score (nSPS) is 13.3. The third-order valence-corrected chi connectivity index (χ3v) is 5.36. The molecule has 0 saturated heterocycles. The highest BCUT2D eigenvalue weighted by Gasteiger charge is 2.41. The van der Waals surface area contributed by atoms with E-state index in [-0.39, 0.29) is 5.92 Å². The van der Waals surface area contributed by atoms with Crippen LogP contribution in [-0.4, -0.2) is 43.8 Å². The zero-order valence-electron chi connectivity index (χ0n) is 17.2. The summed E-state index contributed by atoms with van der Waals surface area (Å²) in [7, 11) is 0. The second-order valence-electron chi connectivity index (χ2n) is 6.35. The van der Waals surface area contributed by atoms with Crippen LogP contribution < -0.4 is 5.73 Å². The van der Waals surface area contributed by atoms with E-state index < -0.39 is 5.97 Å². The summed E-state index contributed by atoms with van der Waals surface area (Å²) < 4.78 is 18.1. The van der Waals surface area contributed by atoms with Gasteiger partial charge in [0.25, 0.3) is 5.97 Å². The maximum atomic E-state index is 6.05. The molecule has 0 rings (SSSR count). The van der Waals surface area contributed by atoms with Gasteiger partial charge in [-0.15, -0.1) is 0 Å². The molecule has 0 aromatic carbocycles. The summed E-state index contributed by atoms with van der Waals surface area (Å²) in [6.07, 6.45) is 9.95. The minimum Gasteiger partial charge on any atom is -0.330 e. The number of hydrogen-bond donors (Lipinski definition) is 1.